The highest BCUT2D eigenvalue weighted by atomic mass is 35.5. The normalized spacial score (nSPS) is 11.4. The van der Waals surface area contributed by atoms with Crippen LogP contribution in [0.15, 0.2) is 67.3 Å². The summed E-state index contributed by atoms with van der Waals surface area (Å²) in [4.78, 5) is 16.2. The predicted octanol–water partition coefficient (Wildman–Crippen LogP) is 3.95. The van der Waals surface area contributed by atoms with Crippen molar-refractivity contribution in [2.75, 3.05) is 0 Å². The van der Waals surface area contributed by atoms with Crippen LogP contribution in [0.5, 0.6) is 0 Å². The summed E-state index contributed by atoms with van der Waals surface area (Å²) in [7, 11) is 0. The molecule has 0 aliphatic heterocycles. The molecule has 1 aromatic heterocycles. The predicted molar refractivity (Wildman–Crippen MR) is 93.3 cm³/mol. The molecule has 0 bridgehead atoms. The zero-order valence-electron chi connectivity index (χ0n) is 12.6. The molecule has 0 spiro atoms. The molecule has 3 rings (SSSR count). The van der Waals surface area contributed by atoms with Gasteiger partial charge in [0.05, 0.1) is 12.1 Å². The van der Waals surface area contributed by atoms with E-state index in [1.807, 2.05) is 18.2 Å². The maximum atomic E-state index is 12.3. The highest BCUT2D eigenvalue weighted by Gasteiger charge is 2.19. The standard InChI is InChI=1S/C17H14ClN3O2.ClH/c18-15-8-6-13(7-9-15)16(10-21-12-19-11-20-21)23-17(22)14-4-2-1-3-5-14;/h1-9,11-12,16H,10H2;1H. The van der Waals surface area contributed by atoms with Crippen LogP contribution in [-0.4, -0.2) is 20.7 Å². The second-order valence-electron chi connectivity index (χ2n) is 4.93. The molecule has 24 heavy (non-hydrogen) atoms. The Hall–Kier alpha value is -2.37. The lowest BCUT2D eigenvalue weighted by atomic mass is 10.1. The Bertz CT molecular complexity index is 762. The first-order chi connectivity index (χ1) is 11.2. The van der Waals surface area contributed by atoms with Gasteiger partial charge in [0.1, 0.15) is 18.8 Å². The van der Waals surface area contributed by atoms with Gasteiger partial charge in [-0.25, -0.2) is 14.5 Å². The fourth-order valence-corrected chi connectivity index (χ4v) is 2.28. The fraction of sp³-hybridized carbons (Fsp3) is 0.118. The molecule has 0 saturated carbocycles. The third kappa shape index (κ3) is 4.57. The van der Waals surface area contributed by atoms with Crippen LogP contribution < -0.4 is 0 Å². The van der Waals surface area contributed by atoms with Gasteiger partial charge in [0.15, 0.2) is 0 Å². The largest absolute Gasteiger partial charge is 0.452 e. The number of halogens is 2. The lowest BCUT2D eigenvalue weighted by molar-refractivity contribution is 0.0246. The minimum Gasteiger partial charge on any atom is -0.452 e. The molecular weight excluding hydrogens is 349 g/mol. The third-order valence-electron chi connectivity index (χ3n) is 3.32. The monoisotopic (exact) mass is 363 g/mol. The fourth-order valence-electron chi connectivity index (χ4n) is 2.16. The van der Waals surface area contributed by atoms with Gasteiger partial charge in [0.25, 0.3) is 0 Å². The van der Waals surface area contributed by atoms with Gasteiger partial charge in [0, 0.05) is 5.02 Å². The van der Waals surface area contributed by atoms with Crippen LogP contribution in [0.3, 0.4) is 0 Å². The Labute approximate surface area is 150 Å². The summed E-state index contributed by atoms with van der Waals surface area (Å²) in [6.45, 7) is 0.375. The number of rotatable bonds is 5. The summed E-state index contributed by atoms with van der Waals surface area (Å²) in [5.41, 5.74) is 1.35. The first kappa shape index (κ1) is 18.0. The van der Waals surface area contributed by atoms with E-state index in [1.54, 1.807) is 47.4 Å². The van der Waals surface area contributed by atoms with Gasteiger partial charge in [-0.05, 0) is 29.8 Å². The first-order valence-electron chi connectivity index (χ1n) is 7.06. The molecule has 1 atom stereocenters. The van der Waals surface area contributed by atoms with Crippen molar-refractivity contribution in [2.45, 2.75) is 12.6 Å². The molecule has 2 aromatic carbocycles. The molecule has 0 radical (unpaired) electrons. The van der Waals surface area contributed by atoms with E-state index >= 15 is 0 Å². The molecule has 7 heteroatoms. The molecule has 0 N–H and O–H groups in total. The maximum absolute atomic E-state index is 12.3. The molecule has 0 aliphatic rings. The average Bonchev–Trinajstić information content (AvgIpc) is 3.09. The van der Waals surface area contributed by atoms with Crippen molar-refractivity contribution in [3.05, 3.63) is 83.4 Å². The molecule has 0 amide bonds. The summed E-state index contributed by atoms with van der Waals surface area (Å²) in [5, 5.41) is 4.69. The Morgan fingerprint density at radius 1 is 1.12 bits per heavy atom. The van der Waals surface area contributed by atoms with Gasteiger partial charge >= 0.3 is 5.97 Å². The summed E-state index contributed by atoms with van der Waals surface area (Å²) in [6.07, 6.45) is 2.54. The van der Waals surface area contributed by atoms with Crippen LogP contribution in [0.25, 0.3) is 0 Å². The van der Waals surface area contributed by atoms with Gasteiger partial charge in [-0.2, -0.15) is 5.10 Å². The summed E-state index contributed by atoms with van der Waals surface area (Å²) < 4.78 is 7.29. The van der Waals surface area contributed by atoms with E-state index in [1.165, 1.54) is 6.33 Å². The highest BCUT2D eigenvalue weighted by Crippen LogP contribution is 2.23. The summed E-state index contributed by atoms with van der Waals surface area (Å²) >= 11 is 5.93. The number of carbonyl (C=O) groups is 1. The van der Waals surface area contributed by atoms with Crippen molar-refractivity contribution >= 4 is 30.0 Å². The molecule has 3 aromatic rings. The number of hydrogen-bond acceptors (Lipinski definition) is 4. The Morgan fingerprint density at radius 2 is 1.83 bits per heavy atom. The number of benzene rings is 2. The highest BCUT2D eigenvalue weighted by molar-refractivity contribution is 6.30. The van der Waals surface area contributed by atoms with Crippen molar-refractivity contribution < 1.29 is 9.53 Å². The molecule has 5 nitrogen and oxygen atoms in total. The van der Waals surface area contributed by atoms with Crippen molar-refractivity contribution in [3.8, 4) is 0 Å². The van der Waals surface area contributed by atoms with E-state index in [2.05, 4.69) is 10.1 Å². The molecule has 1 heterocycles. The van der Waals surface area contributed by atoms with E-state index < -0.39 is 6.10 Å². The molecule has 1 unspecified atom stereocenters. The molecule has 124 valence electrons. The Kier molecular flexibility index (Phi) is 6.35. The van der Waals surface area contributed by atoms with Gasteiger partial charge in [-0.3, -0.25) is 0 Å². The molecular formula is C17H15Cl2N3O2. The van der Waals surface area contributed by atoms with Crippen LogP contribution in [0, 0.1) is 0 Å². The van der Waals surface area contributed by atoms with E-state index in [0.29, 0.717) is 17.1 Å². The maximum Gasteiger partial charge on any atom is 0.338 e. The number of ether oxygens (including phenoxy) is 1. The van der Waals surface area contributed by atoms with Crippen molar-refractivity contribution in [2.24, 2.45) is 0 Å². The van der Waals surface area contributed by atoms with E-state index in [0.717, 1.165) is 5.56 Å². The topological polar surface area (TPSA) is 57.0 Å². The third-order valence-corrected chi connectivity index (χ3v) is 3.57. The van der Waals surface area contributed by atoms with E-state index in [-0.39, 0.29) is 18.4 Å². The van der Waals surface area contributed by atoms with Gasteiger partial charge < -0.3 is 4.74 Å². The molecule has 0 fully saturated rings. The number of hydrogen-bond donors (Lipinski definition) is 0. The van der Waals surface area contributed by atoms with Crippen LogP contribution in [0.2, 0.25) is 5.02 Å². The van der Waals surface area contributed by atoms with Crippen molar-refractivity contribution in [3.63, 3.8) is 0 Å². The van der Waals surface area contributed by atoms with Crippen molar-refractivity contribution in [1.82, 2.24) is 14.8 Å². The zero-order valence-corrected chi connectivity index (χ0v) is 14.2. The van der Waals surface area contributed by atoms with Gasteiger partial charge in [0.2, 0.25) is 0 Å². The number of carbonyl (C=O) groups excluding carboxylic acids is 1. The number of esters is 1. The minimum atomic E-state index is -0.485. The quantitative estimate of drug-likeness (QED) is 0.644. The SMILES string of the molecule is Cl.O=C(OC(Cn1cncn1)c1ccc(Cl)cc1)c1ccccc1. The average molecular weight is 364 g/mol. The minimum absolute atomic E-state index is 0. The molecule has 0 saturated heterocycles. The Balaban J connectivity index is 0.00000208. The Morgan fingerprint density at radius 3 is 2.46 bits per heavy atom. The smallest absolute Gasteiger partial charge is 0.338 e. The first-order valence-corrected chi connectivity index (χ1v) is 7.44. The molecule has 0 aliphatic carbocycles. The second-order valence-corrected chi connectivity index (χ2v) is 5.37. The van der Waals surface area contributed by atoms with E-state index in [4.69, 9.17) is 16.3 Å². The number of nitrogens with zero attached hydrogens (tertiary/aromatic N) is 3. The van der Waals surface area contributed by atoms with Gasteiger partial charge in [-0.15, -0.1) is 12.4 Å². The zero-order chi connectivity index (χ0) is 16.1. The number of aromatic nitrogens is 3. The van der Waals surface area contributed by atoms with Crippen LogP contribution >= 0.6 is 24.0 Å². The lowest BCUT2D eigenvalue weighted by Gasteiger charge is -2.18. The lowest BCUT2D eigenvalue weighted by Crippen LogP contribution is -2.17. The van der Waals surface area contributed by atoms with Crippen LogP contribution in [0.1, 0.15) is 22.0 Å². The summed E-state index contributed by atoms with van der Waals surface area (Å²) in [6, 6.07) is 16.1. The van der Waals surface area contributed by atoms with Crippen LogP contribution in [0.4, 0.5) is 0 Å². The summed E-state index contributed by atoms with van der Waals surface area (Å²) in [5.74, 6) is -0.384. The van der Waals surface area contributed by atoms with Crippen molar-refractivity contribution in [1.29, 1.82) is 0 Å². The van der Waals surface area contributed by atoms with E-state index in [9.17, 15) is 4.79 Å². The van der Waals surface area contributed by atoms with Crippen LogP contribution in [-0.2, 0) is 11.3 Å². The van der Waals surface area contributed by atoms with Gasteiger partial charge in [-0.1, -0.05) is 41.9 Å². The second kappa shape index (κ2) is 8.47.